The van der Waals surface area contributed by atoms with Gasteiger partial charge < -0.3 is 4.74 Å². The number of aromatic nitrogens is 3. The van der Waals surface area contributed by atoms with Crippen molar-refractivity contribution in [1.82, 2.24) is 15.0 Å². The maximum Gasteiger partial charge on any atom is 0.164 e. The van der Waals surface area contributed by atoms with E-state index < -0.39 is 5.41 Å². The normalized spacial score (nSPS) is 13.4. The second-order valence-electron chi connectivity index (χ2n) is 13.1. The summed E-state index contributed by atoms with van der Waals surface area (Å²) in [6.07, 6.45) is 0. The first-order valence-corrected chi connectivity index (χ1v) is 17.9. The van der Waals surface area contributed by atoms with Crippen molar-refractivity contribution < 1.29 is 4.74 Å². The van der Waals surface area contributed by atoms with Gasteiger partial charge in [0.1, 0.15) is 11.5 Å². The molecule has 11 rings (SSSR count). The number of ether oxygens (including phenoxy) is 1. The third-order valence-corrected chi connectivity index (χ3v) is 11.6. The lowest BCUT2D eigenvalue weighted by molar-refractivity contribution is 0.442. The molecule has 1 aliphatic heterocycles. The van der Waals surface area contributed by atoms with Crippen LogP contribution in [0.2, 0.25) is 0 Å². The van der Waals surface area contributed by atoms with Crippen molar-refractivity contribution in [2.45, 2.75) is 5.41 Å². The average molecular weight is 670 g/mol. The first kappa shape index (κ1) is 28.4. The summed E-state index contributed by atoms with van der Waals surface area (Å²) in [5.74, 6) is 3.77. The zero-order valence-corrected chi connectivity index (χ0v) is 28.1. The van der Waals surface area contributed by atoms with Crippen LogP contribution < -0.4 is 4.74 Å². The van der Waals surface area contributed by atoms with E-state index in [1.807, 2.05) is 60.7 Å². The Morgan fingerprint density at radius 1 is 0.431 bits per heavy atom. The number of benzene rings is 7. The predicted octanol–water partition coefficient (Wildman–Crippen LogP) is 11.7. The number of fused-ring (bicyclic) bond motifs is 13. The molecule has 1 aliphatic carbocycles. The van der Waals surface area contributed by atoms with Crippen LogP contribution >= 0.6 is 11.3 Å². The van der Waals surface area contributed by atoms with Gasteiger partial charge in [-0.25, -0.2) is 15.0 Å². The van der Waals surface area contributed by atoms with Crippen molar-refractivity contribution in [2.24, 2.45) is 0 Å². The third kappa shape index (κ3) is 4.04. The molecule has 4 nitrogen and oxygen atoms in total. The fraction of sp³-hybridized carbons (Fsp3) is 0.0217. The Hall–Kier alpha value is -6.43. The molecular formula is C46H27N3OS. The van der Waals surface area contributed by atoms with Gasteiger partial charge in [-0.3, -0.25) is 0 Å². The maximum atomic E-state index is 6.96. The van der Waals surface area contributed by atoms with E-state index in [2.05, 4.69) is 103 Å². The first-order valence-electron chi connectivity index (χ1n) is 17.1. The van der Waals surface area contributed by atoms with Gasteiger partial charge in [-0.2, -0.15) is 0 Å². The zero-order valence-electron chi connectivity index (χ0n) is 27.2. The van der Waals surface area contributed by atoms with Gasteiger partial charge in [0.05, 0.1) is 10.1 Å². The summed E-state index contributed by atoms with van der Waals surface area (Å²) in [5.41, 5.74) is 9.86. The Morgan fingerprint density at radius 3 is 1.63 bits per heavy atom. The Labute approximate surface area is 298 Å². The molecule has 238 valence electrons. The zero-order chi connectivity index (χ0) is 33.5. The number of para-hydroxylation sites is 1. The fourth-order valence-electron chi connectivity index (χ4n) is 8.22. The number of thiophene rings is 1. The van der Waals surface area contributed by atoms with E-state index in [4.69, 9.17) is 19.7 Å². The molecule has 0 unspecified atom stereocenters. The molecule has 51 heavy (non-hydrogen) atoms. The minimum atomic E-state index is -0.487. The molecule has 0 radical (unpaired) electrons. The van der Waals surface area contributed by atoms with Crippen molar-refractivity contribution in [2.75, 3.05) is 0 Å². The average Bonchev–Trinajstić information content (AvgIpc) is 3.73. The molecular weight excluding hydrogens is 643 g/mol. The summed E-state index contributed by atoms with van der Waals surface area (Å²) in [5, 5.41) is 2.31. The maximum absolute atomic E-state index is 6.96. The van der Waals surface area contributed by atoms with E-state index >= 15 is 0 Å². The summed E-state index contributed by atoms with van der Waals surface area (Å²) in [4.78, 5) is 14.9. The Balaban J connectivity index is 1.14. The van der Waals surface area contributed by atoms with Crippen LogP contribution in [0.3, 0.4) is 0 Å². The van der Waals surface area contributed by atoms with Crippen LogP contribution in [0.1, 0.15) is 22.3 Å². The van der Waals surface area contributed by atoms with Gasteiger partial charge in [0, 0.05) is 43.3 Å². The summed E-state index contributed by atoms with van der Waals surface area (Å²) in [6, 6.07) is 57.6. The molecule has 0 amide bonds. The molecule has 0 fully saturated rings. The predicted molar refractivity (Wildman–Crippen MR) is 206 cm³/mol. The molecule has 2 aromatic heterocycles. The minimum absolute atomic E-state index is 0.487. The largest absolute Gasteiger partial charge is 0.455 e. The number of rotatable bonds is 3. The van der Waals surface area contributed by atoms with Crippen molar-refractivity contribution in [3.05, 3.63) is 186 Å². The molecule has 7 aromatic carbocycles. The van der Waals surface area contributed by atoms with E-state index in [0.29, 0.717) is 17.5 Å². The first-order chi connectivity index (χ1) is 25.3. The molecule has 0 saturated carbocycles. The summed E-state index contributed by atoms with van der Waals surface area (Å²) >= 11 is 1.78. The second-order valence-corrected chi connectivity index (χ2v) is 14.2. The van der Waals surface area contributed by atoms with E-state index in [-0.39, 0.29) is 0 Å². The van der Waals surface area contributed by atoms with Gasteiger partial charge >= 0.3 is 0 Å². The Kier molecular flexibility index (Phi) is 6.01. The lowest BCUT2D eigenvalue weighted by Gasteiger charge is -2.39. The van der Waals surface area contributed by atoms with Gasteiger partial charge in [-0.15, -0.1) is 11.3 Å². The Bertz CT molecular complexity index is 2740. The summed E-state index contributed by atoms with van der Waals surface area (Å²) < 4.78 is 9.29. The highest BCUT2D eigenvalue weighted by molar-refractivity contribution is 7.26. The van der Waals surface area contributed by atoms with E-state index in [1.165, 1.54) is 38.1 Å². The fourth-order valence-corrected chi connectivity index (χ4v) is 9.39. The molecule has 1 spiro atoms. The SMILES string of the molecule is c1ccc(-c2nc(-c3ccccc3)nc(-c3ccc4sc5c6c(ccc5c4c3)C3(c4ccccc4O6)c4ccccc4-c4ccccc43)n2)cc1. The topological polar surface area (TPSA) is 47.9 Å². The molecule has 9 aromatic rings. The second kappa shape index (κ2) is 10.8. The van der Waals surface area contributed by atoms with Gasteiger partial charge in [0.15, 0.2) is 17.5 Å². The Morgan fingerprint density at radius 2 is 0.980 bits per heavy atom. The van der Waals surface area contributed by atoms with Gasteiger partial charge in [-0.1, -0.05) is 140 Å². The van der Waals surface area contributed by atoms with Crippen molar-refractivity contribution in [3.8, 4) is 56.8 Å². The van der Waals surface area contributed by atoms with Crippen LogP contribution in [-0.2, 0) is 5.41 Å². The van der Waals surface area contributed by atoms with Crippen LogP contribution in [0.15, 0.2) is 164 Å². The lowest BCUT2D eigenvalue weighted by atomic mass is 9.66. The van der Waals surface area contributed by atoms with Crippen LogP contribution in [0.4, 0.5) is 0 Å². The molecule has 5 heteroatoms. The molecule has 0 saturated heterocycles. The highest BCUT2D eigenvalue weighted by Crippen LogP contribution is 2.63. The van der Waals surface area contributed by atoms with Crippen molar-refractivity contribution in [1.29, 1.82) is 0 Å². The van der Waals surface area contributed by atoms with Gasteiger partial charge in [0.2, 0.25) is 0 Å². The van der Waals surface area contributed by atoms with Crippen molar-refractivity contribution >= 4 is 31.5 Å². The summed E-state index contributed by atoms with van der Waals surface area (Å²) in [7, 11) is 0. The van der Waals surface area contributed by atoms with Crippen LogP contribution in [0.25, 0.3) is 65.5 Å². The monoisotopic (exact) mass is 669 g/mol. The van der Waals surface area contributed by atoms with Crippen LogP contribution in [0.5, 0.6) is 11.5 Å². The van der Waals surface area contributed by atoms with E-state index in [9.17, 15) is 0 Å². The van der Waals surface area contributed by atoms with Crippen molar-refractivity contribution in [3.63, 3.8) is 0 Å². The smallest absolute Gasteiger partial charge is 0.164 e. The van der Waals surface area contributed by atoms with Gasteiger partial charge in [-0.05, 0) is 46.5 Å². The third-order valence-electron chi connectivity index (χ3n) is 10.4. The molecule has 0 N–H and O–H groups in total. The molecule has 0 bridgehead atoms. The van der Waals surface area contributed by atoms with E-state index in [1.54, 1.807) is 11.3 Å². The number of hydrogen-bond donors (Lipinski definition) is 0. The van der Waals surface area contributed by atoms with Crippen LogP contribution in [0, 0.1) is 0 Å². The molecule has 3 heterocycles. The van der Waals surface area contributed by atoms with E-state index in [0.717, 1.165) is 43.7 Å². The highest BCUT2D eigenvalue weighted by Gasteiger charge is 2.51. The summed E-state index contributed by atoms with van der Waals surface area (Å²) in [6.45, 7) is 0. The lowest BCUT2D eigenvalue weighted by Crippen LogP contribution is -2.32. The standard InChI is InChI=1S/C46H27N3OS/c1-3-13-28(14-4-1)43-47-44(29-15-5-2-6-16-29)49-45(48-43)30-23-26-40-34(27-30)33-24-25-38-41(42(33)51-40)50-39-22-12-11-21-37(39)46(38)35-19-9-7-17-31(35)32-18-8-10-20-36(32)46/h1-27H. The van der Waals surface area contributed by atoms with Crippen LogP contribution in [-0.4, -0.2) is 15.0 Å². The number of nitrogens with zero attached hydrogens (tertiary/aromatic N) is 3. The molecule has 0 atom stereocenters. The molecule has 2 aliphatic rings. The highest BCUT2D eigenvalue weighted by atomic mass is 32.1. The number of hydrogen-bond acceptors (Lipinski definition) is 5. The quantitative estimate of drug-likeness (QED) is 0.188. The van der Waals surface area contributed by atoms with Gasteiger partial charge in [0.25, 0.3) is 0 Å². The minimum Gasteiger partial charge on any atom is -0.455 e.